The second-order valence-corrected chi connectivity index (χ2v) is 5.53. The molecule has 0 spiro atoms. The predicted octanol–water partition coefficient (Wildman–Crippen LogP) is 1.72. The summed E-state index contributed by atoms with van der Waals surface area (Å²) in [6.07, 6.45) is 0.440. The molecule has 2 aromatic carbocycles. The second kappa shape index (κ2) is 7.88. The van der Waals surface area contributed by atoms with Gasteiger partial charge in [-0.2, -0.15) is 5.26 Å². The molecule has 1 heterocycles. The monoisotopic (exact) mass is 362 g/mol. The number of hydrogen-bond donors (Lipinski definition) is 1. The van der Waals surface area contributed by atoms with Gasteiger partial charge in [0.05, 0.1) is 22.9 Å². The fourth-order valence-electron chi connectivity index (χ4n) is 2.18. The van der Waals surface area contributed by atoms with E-state index in [1.807, 2.05) is 6.07 Å². The zero-order valence-corrected chi connectivity index (χ0v) is 14.2. The number of benzene rings is 2. The highest BCUT2D eigenvalue weighted by molar-refractivity contribution is 5.97. The van der Waals surface area contributed by atoms with Crippen molar-refractivity contribution in [3.63, 3.8) is 0 Å². The van der Waals surface area contributed by atoms with E-state index in [0.29, 0.717) is 22.5 Å². The maximum absolute atomic E-state index is 12.2. The standard InChI is InChI=1S/C18H14N6O3/c1-12(17(25)21-15-6-2-13(10-19)3-7-15)27-18(26)14-4-8-16(9-5-14)24-11-20-22-23-24/h2-9,11-12H,1H3,(H,21,25). The molecule has 0 saturated carbocycles. The molecule has 3 rings (SSSR count). The summed E-state index contributed by atoms with van der Waals surface area (Å²) in [4.78, 5) is 24.4. The lowest BCUT2D eigenvalue weighted by Crippen LogP contribution is -2.30. The SMILES string of the molecule is CC(OC(=O)c1ccc(-n2cnnn2)cc1)C(=O)Nc1ccc(C#N)cc1. The molecule has 1 amide bonds. The van der Waals surface area contributed by atoms with Crippen molar-refractivity contribution in [2.24, 2.45) is 0 Å². The molecule has 1 atom stereocenters. The number of esters is 1. The van der Waals surface area contributed by atoms with Crippen molar-refractivity contribution in [1.82, 2.24) is 20.2 Å². The summed E-state index contributed by atoms with van der Waals surface area (Å²) in [7, 11) is 0. The molecule has 0 aliphatic rings. The zero-order chi connectivity index (χ0) is 19.2. The Kier molecular flexibility index (Phi) is 5.18. The summed E-state index contributed by atoms with van der Waals surface area (Å²) in [5, 5.41) is 22.2. The van der Waals surface area contributed by atoms with Crippen LogP contribution in [0.2, 0.25) is 0 Å². The topological polar surface area (TPSA) is 123 Å². The Labute approximate surface area is 154 Å². The van der Waals surface area contributed by atoms with Crippen molar-refractivity contribution in [1.29, 1.82) is 5.26 Å². The Morgan fingerprint density at radius 3 is 2.44 bits per heavy atom. The third kappa shape index (κ3) is 4.32. The Bertz CT molecular complexity index is 975. The van der Waals surface area contributed by atoms with Gasteiger partial charge in [-0.05, 0) is 65.9 Å². The van der Waals surface area contributed by atoms with Gasteiger partial charge in [-0.1, -0.05) is 0 Å². The van der Waals surface area contributed by atoms with Crippen LogP contribution in [0.15, 0.2) is 54.9 Å². The van der Waals surface area contributed by atoms with Gasteiger partial charge in [0.1, 0.15) is 6.33 Å². The molecule has 1 aromatic heterocycles. The van der Waals surface area contributed by atoms with Gasteiger partial charge in [-0.15, -0.1) is 5.10 Å². The quantitative estimate of drug-likeness (QED) is 0.685. The van der Waals surface area contributed by atoms with E-state index >= 15 is 0 Å². The van der Waals surface area contributed by atoms with Crippen LogP contribution in [0.25, 0.3) is 5.69 Å². The molecule has 9 nitrogen and oxygen atoms in total. The Hall–Kier alpha value is -4.06. The molecule has 3 aromatic rings. The predicted molar refractivity (Wildman–Crippen MR) is 93.8 cm³/mol. The smallest absolute Gasteiger partial charge is 0.338 e. The lowest BCUT2D eigenvalue weighted by atomic mass is 10.2. The summed E-state index contributed by atoms with van der Waals surface area (Å²) >= 11 is 0. The van der Waals surface area contributed by atoms with Crippen LogP contribution in [0.3, 0.4) is 0 Å². The molecule has 0 aliphatic heterocycles. The van der Waals surface area contributed by atoms with Gasteiger partial charge in [0.15, 0.2) is 6.10 Å². The average Bonchev–Trinajstić information content (AvgIpc) is 3.23. The summed E-state index contributed by atoms with van der Waals surface area (Å²) in [5.74, 6) is -1.10. The van der Waals surface area contributed by atoms with Gasteiger partial charge in [0.25, 0.3) is 5.91 Å². The number of nitrogens with zero attached hydrogens (tertiary/aromatic N) is 5. The Morgan fingerprint density at radius 2 is 1.85 bits per heavy atom. The molecular formula is C18H14N6O3. The summed E-state index contributed by atoms with van der Waals surface area (Å²) in [5.41, 5.74) is 1.97. The van der Waals surface area contributed by atoms with Crippen LogP contribution in [-0.2, 0) is 9.53 Å². The lowest BCUT2D eigenvalue weighted by molar-refractivity contribution is -0.123. The number of carbonyl (C=O) groups excluding carboxylic acids is 2. The van der Waals surface area contributed by atoms with Crippen molar-refractivity contribution in [3.05, 3.63) is 66.0 Å². The minimum absolute atomic E-state index is 0.296. The number of nitriles is 1. The number of rotatable bonds is 5. The van der Waals surface area contributed by atoms with Gasteiger partial charge >= 0.3 is 5.97 Å². The molecule has 0 bridgehead atoms. The maximum Gasteiger partial charge on any atom is 0.338 e. The van der Waals surface area contributed by atoms with Gasteiger partial charge in [-0.25, -0.2) is 9.48 Å². The highest BCUT2D eigenvalue weighted by Crippen LogP contribution is 2.12. The maximum atomic E-state index is 12.2. The summed E-state index contributed by atoms with van der Waals surface area (Å²) in [6.45, 7) is 1.48. The first-order chi connectivity index (χ1) is 13.1. The number of amides is 1. The minimum Gasteiger partial charge on any atom is -0.449 e. The highest BCUT2D eigenvalue weighted by atomic mass is 16.5. The van der Waals surface area contributed by atoms with Crippen LogP contribution in [0, 0.1) is 11.3 Å². The normalized spacial score (nSPS) is 11.3. The minimum atomic E-state index is -0.993. The number of aromatic nitrogens is 4. The molecule has 134 valence electrons. The lowest BCUT2D eigenvalue weighted by Gasteiger charge is -2.13. The van der Waals surface area contributed by atoms with Crippen molar-refractivity contribution in [2.45, 2.75) is 13.0 Å². The van der Waals surface area contributed by atoms with Gasteiger partial charge in [0.2, 0.25) is 0 Å². The molecule has 0 saturated heterocycles. The molecule has 27 heavy (non-hydrogen) atoms. The number of hydrogen-bond acceptors (Lipinski definition) is 7. The van der Waals surface area contributed by atoms with Crippen molar-refractivity contribution >= 4 is 17.6 Å². The number of anilines is 1. The van der Waals surface area contributed by atoms with Crippen molar-refractivity contribution in [2.75, 3.05) is 5.32 Å². The number of tetrazole rings is 1. The fraction of sp³-hybridized carbons (Fsp3) is 0.111. The fourth-order valence-corrected chi connectivity index (χ4v) is 2.18. The molecular weight excluding hydrogens is 348 g/mol. The average molecular weight is 362 g/mol. The number of carbonyl (C=O) groups is 2. The number of nitrogens with one attached hydrogen (secondary N) is 1. The zero-order valence-electron chi connectivity index (χ0n) is 14.2. The van der Waals surface area contributed by atoms with E-state index in [9.17, 15) is 9.59 Å². The molecule has 9 heteroatoms. The molecule has 0 aliphatic carbocycles. The highest BCUT2D eigenvalue weighted by Gasteiger charge is 2.19. The van der Waals surface area contributed by atoms with Gasteiger partial charge < -0.3 is 10.1 Å². The first kappa shape index (κ1) is 17.8. The summed E-state index contributed by atoms with van der Waals surface area (Å²) in [6, 6.07) is 14.8. The van der Waals surface area contributed by atoms with Crippen LogP contribution < -0.4 is 5.32 Å². The van der Waals surface area contributed by atoms with Crippen LogP contribution in [0.1, 0.15) is 22.8 Å². The van der Waals surface area contributed by atoms with E-state index < -0.39 is 18.0 Å². The first-order valence-electron chi connectivity index (χ1n) is 7.92. The van der Waals surface area contributed by atoms with Crippen LogP contribution in [-0.4, -0.2) is 38.2 Å². The van der Waals surface area contributed by atoms with Gasteiger partial charge in [-0.3, -0.25) is 4.79 Å². The first-order valence-corrected chi connectivity index (χ1v) is 7.92. The Balaban J connectivity index is 1.59. The van der Waals surface area contributed by atoms with E-state index in [0.717, 1.165) is 0 Å². The van der Waals surface area contributed by atoms with E-state index in [2.05, 4.69) is 20.8 Å². The third-order valence-corrected chi connectivity index (χ3v) is 3.65. The second-order valence-electron chi connectivity index (χ2n) is 5.53. The molecule has 1 N–H and O–H groups in total. The van der Waals surface area contributed by atoms with E-state index in [1.165, 1.54) is 17.9 Å². The van der Waals surface area contributed by atoms with Crippen LogP contribution in [0.5, 0.6) is 0 Å². The Morgan fingerprint density at radius 1 is 1.15 bits per heavy atom. The van der Waals surface area contributed by atoms with Crippen LogP contribution >= 0.6 is 0 Å². The van der Waals surface area contributed by atoms with E-state index in [-0.39, 0.29) is 0 Å². The summed E-state index contributed by atoms with van der Waals surface area (Å²) < 4.78 is 6.64. The van der Waals surface area contributed by atoms with E-state index in [4.69, 9.17) is 10.00 Å². The molecule has 1 unspecified atom stereocenters. The molecule has 0 radical (unpaired) electrons. The third-order valence-electron chi connectivity index (χ3n) is 3.65. The van der Waals surface area contributed by atoms with E-state index in [1.54, 1.807) is 48.5 Å². The van der Waals surface area contributed by atoms with Crippen LogP contribution in [0.4, 0.5) is 5.69 Å². The van der Waals surface area contributed by atoms with Gasteiger partial charge in [0, 0.05) is 5.69 Å². The van der Waals surface area contributed by atoms with Crippen molar-refractivity contribution < 1.29 is 14.3 Å². The number of ether oxygens (including phenoxy) is 1. The van der Waals surface area contributed by atoms with Crippen molar-refractivity contribution in [3.8, 4) is 11.8 Å². The largest absolute Gasteiger partial charge is 0.449 e. The molecule has 0 fully saturated rings.